The number of furan rings is 1. The maximum atomic E-state index is 12.1. The Bertz CT molecular complexity index is 446. The molecular weight excluding hydrogens is 213 g/mol. The minimum atomic E-state index is -4.27. The van der Waals surface area contributed by atoms with Gasteiger partial charge in [-0.05, 0) is 23.9 Å². The van der Waals surface area contributed by atoms with Gasteiger partial charge >= 0.3 is 5.51 Å². The molecule has 5 heteroatoms. The largest absolute Gasteiger partial charge is 0.463 e. The van der Waals surface area contributed by atoms with Crippen LogP contribution in [-0.2, 0) is 0 Å². The van der Waals surface area contributed by atoms with Gasteiger partial charge in [-0.15, -0.1) is 0 Å². The van der Waals surface area contributed by atoms with Crippen molar-refractivity contribution in [1.82, 2.24) is 0 Å². The van der Waals surface area contributed by atoms with E-state index >= 15 is 0 Å². The molecule has 1 aromatic heterocycles. The summed E-state index contributed by atoms with van der Waals surface area (Å²) in [5.74, 6) is 0. The Hall–Kier alpha value is -1.10. The number of alkyl halides is 3. The van der Waals surface area contributed by atoms with Gasteiger partial charge in [0.15, 0.2) is 0 Å². The van der Waals surface area contributed by atoms with Crippen molar-refractivity contribution in [2.45, 2.75) is 10.4 Å². The van der Waals surface area contributed by atoms with Crippen molar-refractivity contribution >= 4 is 22.7 Å². The van der Waals surface area contributed by atoms with E-state index in [1.807, 2.05) is 0 Å². The highest BCUT2D eigenvalue weighted by molar-refractivity contribution is 8.00. The van der Waals surface area contributed by atoms with Gasteiger partial charge in [0.05, 0.1) is 4.90 Å². The van der Waals surface area contributed by atoms with Crippen molar-refractivity contribution < 1.29 is 17.6 Å². The lowest BCUT2D eigenvalue weighted by molar-refractivity contribution is -0.0327. The summed E-state index contributed by atoms with van der Waals surface area (Å²) in [5.41, 5.74) is -3.80. The van der Waals surface area contributed by atoms with Crippen LogP contribution in [0.15, 0.2) is 39.8 Å². The lowest BCUT2D eigenvalue weighted by Gasteiger charge is -2.02. The number of thioether (sulfide) groups is 1. The zero-order valence-electron chi connectivity index (χ0n) is 6.84. The average Bonchev–Trinajstić information content (AvgIpc) is 2.47. The van der Waals surface area contributed by atoms with Crippen LogP contribution in [0.4, 0.5) is 13.2 Å². The molecule has 74 valence electrons. The van der Waals surface area contributed by atoms with Crippen LogP contribution in [0.2, 0.25) is 0 Å². The Balaban J connectivity index is 2.44. The van der Waals surface area contributed by atoms with Crippen LogP contribution in [0, 0.1) is 0 Å². The van der Waals surface area contributed by atoms with Crippen LogP contribution < -0.4 is 0 Å². The standard InChI is InChI=1S/C9H5F3OS/c10-9(11,12)14-8-5-13-7-4-2-1-3-6(7)8/h1-5H. The van der Waals surface area contributed by atoms with Crippen molar-refractivity contribution in [3.63, 3.8) is 0 Å². The van der Waals surface area contributed by atoms with Gasteiger partial charge in [-0.1, -0.05) is 12.1 Å². The molecule has 1 nitrogen and oxygen atoms in total. The van der Waals surface area contributed by atoms with E-state index in [0.717, 1.165) is 6.26 Å². The lowest BCUT2D eigenvalue weighted by atomic mass is 10.3. The van der Waals surface area contributed by atoms with Crippen LogP contribution in [-0.4, -0.2) is 5.51 Å². The zero-order valence-corrected chi connectivity index (χ0v) is 7.65. The molecule has 0 bridgehead atoms. The van der Waals surface area contributed by atoms with Crippen molar-refractivity contribution in [3.05, 3.63) is 30.5 Å². The van der Waals surface area contributed by atoms with E-state index in [1.54, 1.807) is 24.3 Å². The predicted molar refractivity (Wildman–Crippen MR) is 48.1 cm³/mol. The number of hydrogen-bond acceptors (Lipinski definition) is 2. The maximum Gasteiger partial charge on any atom is 0.446 e. The summed E-state index contributed by atoms with van der Waals surface area (Å²) >= 11 is -0.157. The van der Waals surface area contributed by atoms with E-state index in [9.17, 15) is 13.2 Å². The Morgan fingerprint density at radius 1 is 1.14 bits per heavy atom. The van der Waals surface area contributed by atoms with Gasteiger partial charge in [0.1, 0.15) is 11.8 Å². The minimum Gasteiger partial charge on any atom is -0.463 e. The molecule has 0 aliphatic carbocycles. The first-order valence-corrected chi connectivity index (χ1v) is 4.60. The van der Waals surface area contributed by atoms with E-state index in [1.165, 1.54) is 0 Å². The fourth-order valence-electron chi connectivity index (χ4n) is 1.16. The highest BCUT2D eigenvalue weighted by atomic mass is 32.2. The third-order valence-corrected chi connectivity index (χ3v) is 2.44. The predicted octanol–water partition coefficient (Wildman–Crippen LogP) is 4.04. The molecule has 0 fully saturated rings. The first-order valence-electron chi connectivity index (χ1n) is 3.78. The zero-order chi connectivity index (χ0) is 10.2. The van der Waals surface area contributed by atoms with Crippen molar-refractivity contribution in [1.29, 1.82) is 0 Å². The fourth-order valence-corrected chi connectivity index (χ4v) is 1.78. The van der Waals surface area contributed by atoms with Gasteiger partial charge in [0.2, 0.25) is 0 Å². The summed E-state index contributed by atoms with van der Waals surface area (Å²) in [6, 6.07) is 6.63. The summed E-state index contributed by atoms with van der Waals surface area (Å²) in [7, 11) is 0. The quantitative estimate of drug-likeness (QED) is 0.670. The molecule has 0 unspecified atom stereocenters. The molecule has 0 aliphatic heterocycles. The number of benzene rings is 1. The second-order valence-corrected chi connectivity index (χ2v) is 3.75. The monoisotopic (exact) mass is 218 g/mol. The van der Waals surface area contributed by atoms with Crippen LogP contribution in [0.5, 0.6) is 0 Å². The molecule has 14 heavy (non-hydrogen) atoms. The van der Waals surface area contributed by atoms with Crippen molar-refractivity contribution in [2.75, 3.05) is 0 Å². The number of hydrogen-bond donors (Lipinski definition) is 0. The van der Waals surface area contributed by atoms with Crippen LogP contribution in [0.3, 0.4) is 0 Å². The molecule has 0 amide bonds. The molecule has 0 radical (unpaired) electrons. The van der Waals surface area contributed by atoms with E-state index in [-0.39, 0.29) is 16.7 Å². The minimum absolute atomic E-state index is 0.105. The van der Waals surface area contributed by atoms with Crippen LogP contribution in [0.1, 0.15) is 0 Å². The first kappa shape index (κ1) is 9.45. The lowest BCUT2D eigenvalue weighted by Crippen LogP contribution is -1.98. The molecular formula is C9H5F3OS. The summed E-state index contributed by atoms with van der Waals surface area (Å²) in [6.45, 7) is 0. The number of rotatable bonds is 1. The van der Waals surface area contributed by atoms with Crippen LogP contribution in [0.25, 0.3) is 11.0 Å². The molecule has 0 saturated heterocycles. The first-order chi connectivity index (χ1) is 6.56. The van der Waals surface area contributed by atoms with Crippen LogP contribution >= 0.6 is 11.8 Å². The highest BCUT2D eigenvalue weighted by Gasteiger charge is 2.30. The second kappa shape index (κ2) is 3.24. The maximum absolute atomic E-state index is 12.1. The van der Waals surface area contributed by atoms with Gasteiger partial charge in [0.25, 0.3) is 0 Å². The van der Waals surface area contributed by atoms with E-state index in [0.29, 0.717) is 11.0 Å². The van der Waals surface area contributed by atoms with E-state index in [2.05, 4.69) is 0 Å². The van der Waals surface area contributed by atoms with Gasteiger partial charge in [-0.2, -0.15) is 13.2 Å². The number of fused-ring (bicyclic) bond motifs is 1. The molecule has 0 aliphatic rings. The van der Waals surface area contributed by atoms with Gasteiger partial charge in [0, 0.05) is 5.39 Å². The Kier molecular flexibility index (Phi) is 2.19. The summed E-state index contributed by atoms with van der Waals surface area (Å²) < 4.78 is 41.2. The highest BCUT2D eigenvalue weighted by Crippen LogP contribution is 2.40. The normalized spacial score (nSPS) is 12.2. The molecule has 0 N–H and O–H groups in total. The third kappa shape index (κ3) is 1.87. The van der Waals surface area contributed by atoms with Gasteiger partial charge < -0.3 is 4.42 Å². The van der Waals surface area contributed by atoms with E-state index < -0.39 is 5.51 Å². The Morgan fingerprint density at radius 2 is 1.86 bits per heavy atom. The molecule has 0 spiro atoms. The molecule has 0 saturated carbocycles. The number of para-hydroxylation sites is 1. The third-order valence-electron chi connectivity index (χ3n) is 1.67. The smallest absolute Gasteiger partial charge is 0.446 e. The summed E-state index contributed by atoms with van der Waals surface area (Å²) in [6.07, 6.45) is 1.13. The van der Waals surface area contributed by atoms with Crippen molar-refractivity contribution in [2.24, 2.45) is 0 Å². The van der Waals surface area contributed by atoms with Gasteiger partial charge in [-0.3, -0.25) is 0 Å². The average molecular weight is 218 g/mol. The number of halogens is 3. The Labute approximate surface area is 81.9 Å². The Morgan fingerprint density at radius 3 is 2.57 bits per heavy atom. The summed E-state index contributed by atoms with van der Waals surface area (Å²) in [5, 5.41) is 0.495. The van der Waals surface area contributed by atoms with Crippen molar-refractivity contribution in [3.8, 4) is 0 Å². The van der Waals surface area contributed by atoms with E-state index in [4.69, 9.17) is 4.42 Å². The SMILES string of the molecule is FC(F)(F)Sc1coc2ccccc12. The second-order valence-electron chi connectivity index (χ2n) is 2.64. The molecule has 1 aromatic carbocycles. The molecule has 2 rings (SSSR count). The molecule has 0 atom stereocenters. The molecule has 1 heterocycles. The fraction of sp³-hybridized carbons (Fsp3) is 0.111. The van der Waals surface area contributed by atoms with Gasteiger partial charge in [-0.25, -0.2) is 0 Å². The molecule has 2 aromatic rings. The summed E-state index contributed by atoms with van der Waals surface area (Å²) in [4.78, 5) is 0.105. The topological polar surface area (TPSA) is 13.1 Å².